The number of rotatable bonds is 9. The molecule has 1 heterocycles. The fraction of sp³-hybridized carbons (Fsp3) is 0.400. The van der Waals surface area contributed by atoms with Gasteiger partial charge in [-0.3, -0.25) is 9.69 Å². The van der Waals surface area contributed by atoms with Crippen molar-refractivity contribution in [3.63, 3.8) is 0 Å². The number of carbonyl (C=O) groups is 1. The van der Waals surface area contributed by atoms with Crippen LogP contribution in [0.3, 0.4) is 0 Å². The van der Waals surface area contributed by atoms with E-state index >= 15 is 0 Å². The summed E-state index contributed by atoms with van der Waals surface area (Å²) in [5, 5.41) is 3.38. The Labute approximate surface area is 190 Å². The molecule has 1 aliphatic rings. The minimum Gasteiger partial charge on any atom is -0.489 e. The zero-order valence-electron chi connectivity index (χ0n) is 18.4. The molecule has 31 heavy (non-hydrogen) atoms. The normalized spacial score (nSPS) is 15.5. The van der Waals surface area contributed by atoms with Gasteiger partial charge in [0, 0.05) is 38.3 Å². The van der Waals surface area contributed by atoms with Crippen LogP contribution in [0.5, 0.6) is 5.75 Å². The van der Waals surface area contributed by atoms with Crippen LogP contribution in [0.15, 0.2) is 54.6 Å². The molecule has 5 nitrogen and oxygen atoms in total. The Hall–Kier alpha value is -2.34. The van der Waals surface area contributed by atoms with Gasteiger partial charge in [-0.15, -0.1) is 0 Å². The fourth-order valence-electron chi connectivity index (χ4n) is 3.52. The van der Waals surface area contributed by atoms with E-state index in [1.165, 1.54) is 5.56 Å². The van der Waals surface area contributed by atoms with Crippen LogP contribution in [-0.2, 0) is 0 Å². The van der Waals surface area contributed by atoms with Gasteiger partial charge in [0.25, 0.3) is 5.91 Å². The zero-order valence-corrected chi connectivity index (χ0v) is 19.1. The maximum atomic E-state index is 12.3. The quantitative estimate of drug-likeness (QED) is 0.633. The number of benzene rings is 2. The molecule has 1 fully saturated rings. The van der Waals surface area contributed by atoms with Gasteiger partial charge < -0.3 is 15.0 Å². The molecule has 2 aromatic rings. The van der Waals surface area contributed by atoms with Crippen molar-refractivity contribution in [2.45, 2.75) is 18.9 Å². The molecule has 2 aromatic carbocycles. The molecule has 6 heteroatoms. The Balaban J connectivity index is 1.43. The summed E-state index contributed by atoms with van der Waals surface area (Å²) < 4.78 is 6.14. The Morgan fingerprint density at radius 2 is 1.94 bits per heavy atom. The van der Waals surface area contributed by atoms with Crippen molar-refractivity contribution in [2.75, 3.05) is 46.8 Å². The molecule has 1 aliphatic heterocycles. The number of likely N-dealkylation sites (tertiary alicyclic amines) is 1. The van der Waals surface area contributed by atoms with Crippen molar-refractivity contribution < 1.29 is 9.53 Å². The maximum Gasteiger partial charge on any atom is 0.251 e. The van der Waals surface area contributed by atoms with Gasteiger partial charge in [-0.25, -0.2) is 0 Å². The predicted molar refractivity (Wildman–Crippen MR) is 128 cm³/mol. The first-order valence-electron chi connectivity index (χ1n) is 10.8. The summed E-state index contributed by atoms with van der Waals surface area (Å²) in [7, 11) is 3.95. The molecule has 0 bridgehead atoms. The van der Waals surface area contributed by atoms with Gasteiger partial charge in [-0.1, -0.05) is 54.1 Å². The molecule has 0 atom stereocenters. The lowest BCUT2D eigenvalue weighted by atomic mass is 10.1. The van der Waals surface area contributed by atoms with Crippen molar-refractivity contribution in [1.29, 1.82) is 0 Å². The molecule has 1 saturated heterocycles. The largest absolute Gasteiger partial charge is 0.489 e. The van der Waals surface area contributed by atoms with Gasteiger partial charge in [-0.2, -0.15) is 0 Å². The molecule has 0 unspecified atom stereocenters. The molecule has 3 rings (SSSR count). The summed E-state index contributed by atoms with van der Waals surface area (Å²) in [6, 6.07) is 15.6. The fourth-order valence-corrected chi connectivity index (χ4v) is 3.75. The summed E-state index contributed by atoms with van der Waals surface area (Å²) in [6.45, 7) is 4.32. The first-order chi connectivity index (χ1) is 15.0. The number of hydrogen-bond donors (Lipinski definition) is 1. The maximum absolute atomic E-state index is 12.3. The second-order valence-corrected chi connectivity index (χ2v) is 8.54. The average molecular weight is 442 g/mol. The molecule has 0 radical (unpaired) electrons. The smallest absolute Gasteiger partial charge is 0.251 e. The third-order valence-corrected chi connectivity index (χ3v) is 5.64. The molecular weight excluding hydrogens is 410 g/mol. The lowest BCUT2D eigenvalue weighted by Gasteiger charge is -2.31. The first-order valence-corrected chi connectivity index (χ1v) is 11.2. The van der Waals surface area contributed by atoms with Gasteiger partial charge in [0.15, 0.2) is 0 Å². The molecule has 166 valence electrons. The third kappa shape index (κ3) is 7.69. The van der Waals surface area contributed by atoms with E-state index in [0.717, 1.165) is 39.0 Å². The highest BCUT2D eigenvalue weighted by Crippen LogP contribution is 2.28. The molecule has 1 amide bonds. The third-order valence-electron chi connectivity index (χ3n) is 5.34. The van der Waals surface area contributed by atoms with E-state index in [0.29, 0.717) is 22.9 Å². The van der Waals surface area contributed by atoms with Gasteiger partial charge in [0.1, 0.15) is 11.9 Å². The van der Waals surface area contributed by atoms with Crippen LogP contribution >= 0.6 is 11.6 Å². The number of nitrogens with zero attached hydrogens (tertiary/aromatic N) is 2. The van der Waals surface area contributed by atoms with Crippen LogP contribution in [0, 0.1) is 0 Å². The number of piperidine rings is 1. The van der Waals surface area contributed by atoms with Crippen molar-refractivity contribution in [3.05, 3.63) is 70.8 Å². The minimum atomic E-state index is -0.118. The number of likely N-dealkylation sites (N-methyl/N-ethyl adjacent to an activating group) is 1. The number of halogens is 1. The molecule has 1 N–H and O–H groups in total. The molecule has 0 aliphatic carbocycles. The van der Waals surface area contributed by atoms with Crippen molar-refractivity contribution >= 4 is 23.6 Å². The highest BCUT2D eigenvalue weighted by molar-refractivity contribution is 6.32. The van der Waals surface area contributed by atoms with E-state index in [-0.39, 0.29) is 12.0 Å². The molecular formula is C25H32ClN3O2. The Kier molecular flexibility index (Phi) is 8.95. The van der Waals surface area contributed by atoms with E-state index in [1.807, 2.05) is 25.1 Å². The van der Waals surface area contributed by atoms with Gasteiger partial charge >= 0.3 is 0 Å². The summed E-state index contributed by atoms with van der Waals surface area (Å²) >= 11 is 6.40. The zero-order chi connectivity index (χ0) is 22.1. The van der Waals surface area contributed by atoms with Gasteiger partial charge in [0.05, 0.1) is 5.02 Å². The highest BCUT2D eigenvalue weighted by Gasteiger charge is 2.21. The number of carbonyl (C=O) groups excluding carboxylic acids is 1. The Morgan fingerprint density at radius 3 is 2.61 bits per heavy atom. The van der Waals surface area contributed by atoms with E-state index in [9.17, 15) is 4.79 Å². The second kappa shape index (κ2) is 11.9. The van der Waals surface area contributed by atoms with Crippen molar-refractivity contribution in [2.24, 2.45) is 0 Å². The second-order valence-electron chi connectivity index (χ2n) is 8.14. The molecule has 0 aromatic heterocycles. The lowest BCUT2D eigenvalue weighted by Crippen LogP contribution is -2.38. The Bertz CT molecular complexity index is 862. The lowest BCUT2D eigenvalue weighted by molar-refractivity contribution is 0.0950. The van der Waals surface area contributed by atoms with Crippen LogP contribution in [0.2, 0.25) is 5.02 Å². The van der Waals surface area contributed by atoms with Crippen molar-refractivity contribution in [1.82, 2.24) is 15.1 Å². The van der Waals surface area contributed by atoms with Crippen LogP contribution in [0.25, 0.3) is 6.08 Å². The first kappa shape index (κ1) is 23.3. The monoisotopic (exact) mass is 441 g/mol. The summed E-state index contributed by atoms with van der Waals surface area (Å²) in [5.74, 6) is 0.529. The van der Waals surface area contributed by atoms with Crippen LogP contribution in [0.1, 0.15) is 28.8 Å². The summed E-state index contributed by atoms with van der Waals surface area (Å²) in [5.41, 5.74) is 1.78. The summed E-state index contributed by atoms with van der Waals surface area (Å²) in [4.78, 5) is 16.7. The van der Waals surface area contributed by atoms with E-state index in [2.05, 4.69) is 46.6 Å². The van der Waals surface area contributed by atoms with Crippen molar-refractivity contribution in [3.8, 4) is 5.75 Å². The number of nitrogens with one attached hydrogen (secondary N) is 1. The van der Waals surface area contributed by atoms with Crippen LogP contribution in [-0.4, -0.2) is 68.6 Å². The van der Waals surface area contributed by atoms with Gasteiger partial charge in [0.2, 0.25) is 0 Å². The van der Waals surface area contributed by atoms with E-state index < -0.39 is 0 Å². The number of amides is 1. The SMILES string of the molecule is CN(C)CCNC(=O)c1ccc(OC2CCN(C/C=C/c3ccccc3)CC2)c(Cl)c1. The topological polar surface area (TPSA) is 44.8 Å². The van der Waals surface area contributed by atoms with Gasteiger partial charge in [-0.05, 0) is 50.7 Å². The van der Waals surface area contributed by atoms with E-state index in [4.69, 9.17) is 16.3 Å². The Morgan fingerprint density at radius 1 is 1.19 bits per heavy atom. The predicted octanol–water partition coefficient (Wildman–Crippen LogP) is 4.19. The van der Waals surface area contributed by atoms with Crippen LogP contribution in [0.4, 0.5) is 0 Å². The number of ether oxygens (including phenoxy) is 1. The molecule has 0 spiro atoms. The highest BCUT2D eigenvalue weighted by atomic mass is 35.5. The standard InChI is InChI=1S/C25H32ClN3O2/c1-28(2)18-14-27-25(30)21-10-11-24(23(26)19-21)31-22-12-16-29(17-13-22)15-6-9-20-7-4-3-5-8-20/h3-11,19,22H,12-18H2,1-2H3,(H,27,30)/b9-6+. The minimum absolute atomic E-state index is 0.118. The van der Waals surface area contributed by atoms with Crippen LogP contribution < -0.4 is 10.1 Å². The average Bonchev–Trinajstić information content (AvgIpc) is 2.77. The summed E-state index contributed by atoms with van der Waals surface area (Å²) in [6.07, 6.45) is 6.45. The number of hydrogen-bond acceptors (Lipinski definition) is 4. The van der Waals surface area contributed by atoms with E-state index in [1.54, 1.807) is 18.2 Å². The molecule has 0 saturated carbocycles.